The number of ether oxygens (including phenoxy) is 4. The van der Waals surface area contributed by atoms with E-state index in [1.165, 1.54) is 27.4 Å². The molecule has 8 heteroatoms. The highest BCUT2D eigenvalue weighted by atomic mass is 16.5. The monoisotopic (exact) mass is 404 g/mol. The van der Waals surface area contributed by atoms with Gasteiger partial charge in [0, 0.05) is 6.08 Å². The van der Waals surface area contributed by atoms with E-state index in [1.54, 1.807) is 36.4 Å². The van der Waals surface area contributed by atoms with Gasteiger partial charge in [0.05, 0.1) is 27.9 Å². The van der Waals surface area contributed by atoms with E-state index in [1.807, 2.05) is 0 Å². The van der Waals surface area contributed by atoms with Crippen LogP contribution in [0.2, 0.25) is 0 Å². The third-order valence-electron chi connectivity index (χ3n) is 4.17. The van der Waals surface area contributed by atoms with E-state index in [9.17, 15) is 15.0 Å². The van der Waals surface area contributed by atoms with Crippen LogP contribution in [-0.4, -0.2) is 55.3 Å². The summed E-state index contributed by atoms with van der Waals surface area (Å²) in [6.07, 6.45) is 0.280. The normalized spacial score (nSPS) is 13.0. The maximum Gasteiger partial charge on any atom is 0.328 e. The van der Waals surface area contributed by atoms with Crippen LogP contribution in [0.3, 0.4) is 0 Å². The number of carbonyl (C=O) groups is 1. The number of aliphatic hydroxyl groups excluding tert-OH is 2. The van der Waals surface area contributed by atoms with Gasteiger partial charge in [-0.1, -0.05) is 12.1 Å². The fraction of sp³-hybridized carbons (Fsp3) is 0.286. The van der Waals surface area contributed by atoms with E-state index < -0.39 is 24.8 Å². The van der Waals surface area contributed by atoms with Crippen molar-refractivity contribution in [3.8, 4) is 23.0 Å². The van der Waals surface area contributed by atoms with E-state index >= 15 is 0 Å². The molecule has 0 bridgehead atoms. The third-order valence-corrected chi connectivity index (χ3v) is 4.17. The summed E-state index contributed by atoms with van der Waals surface area (Å²) in [5.74, 6) is 0.501. The van der Waals surface area contributed by atoms with Crippen LogP contribution in [-0.2, 0) is 4.79 Å². The number of carboxylic acids is 1. The summed E-state index contributed by atoms with van der Waals surface area (Å²) >= 11 is 0. The number of carboxylic acid groups (broad SMARTS) is 1. The molecule has 0 fully saturated rings. The molecular weight excluding hydrogens is 380 g/mol. The maximum atomic E-state index is 10.7. The zero-order valence-electron chi connectivity index (χ0n) is 16.4. The minimum atomic E-state index is -1.16. The van der Waals surface area contributed by atoms with Crippen LogP contribution in [0.4, 0.5) is 0 Å². The number of rotatable bonds is 10. The van der Waals surface area contributed by atoms with Crippen molar-refractivity contribution in [3.05, 3.63) is 53.6 Å². The zero-order valence-corrected chi connectivity index (χ0v) is 16.4. The summed E-state index contributed by atoms with van der Waals surface area (Å²) in [6, 6.07) is 9.70. The highest BCUT2D eigenvalue weighted by Gasteiger charge is 2.24. The molecule has 3 N–H and O–H groups in total. The predicted octanol–water partition coefficient (Wildman–Crippen LogP) is 2.28. The van der Waals surface area contributed by atoms with Crippen molar-refractivity contribution in [1.29, 1.82) is 0 Å². The highest BCUT2D eigenvalue weighted by molar-refractivity contribution is 5.85. The number of methoxy groups -OCH3 is 3. The van der Waals surface area contributed by atoms with Gasteiger partial charge < -0.3 is 34.3 Å². The van der Waals surface area contributed by atoms with Gasteiger partial charge in [0.1, 0.15) is 6.10 Å². The molecule has 2 aromatic rings. The molecule has 0 aliphatic carbocycles. The second kappa shape index (κ2) is 10.4. The largest absolute Gasteiger partial charge is 0.493 e. The Morgan fingerprint density at radius 3 is 2.17 bits per heavy atom. The van der Waals surface area contributed by atoms with Crippen molar-refractivity contribution < 1.29 is 39.1 Å². The molecule has 2 aromatic carbocycles. The lowest BCUT2D eigenvalue weighted by Gasteiger charge is -2.24. The molecule has 2 rings (SSSR count). The molecule has 29 heavy (non-hydrogen) atoms. The number of benzene rings is 2. The Bertz CT molecular complexity index is 862. The fourth-order valence-electron chi connectivity index (χ4n) is 2.67. The molecule has 0 aliphatic rings. The van der Waals surface area contributed by atoms with Crippen LogP contribution in [0, 0.1) is 0 Å². The summed E-state index contributed by atoms with van der Waals surface area (Å²) in [6.45, 7) is -0.459. The number of aliphatic hydroxyl groups is 2. The second-order valence-electron chi connectivity index (χ2n) is 5.98. The summed E-state index contributed by atoms with van der Waals surface area (Å²) in [5.41, 5.74) is 1.07. The molecule has 0 amide bonds. The van der Waals surface area contributed by atoms with E-state index in [0.717, 1.165) is 6.08 Å². The van der Waals surface area contributed by atoms with Crippen molar-refractivity contribution >= 4 is 12.0 Å². The summed E-state index contributed by atoms with van der Waals surface area (Å²) in [5, 5.41) is 29.2. The third kappa shape index (κ3) is 5.63. The van der Waals surface area contributed by atoms with Crippen LogP contribution in [0.1, 0.15) is 17.2 Å². The lowest BCUT2D eigenvalue weighted by atomic mass is 10.0. The van der Waals surface area contributed by atoms with E-state index in [2.05, 4.69) is 0 Å². The molecule has 2 atom stereocenters. The average Bonchev–Trinajstić information content (AvgIpc) is 2.75. The first-order valence-electron chi connectivity index (χ1n) is 8.70. The molecule has 0 saturated carbocycles. The Balaban J connectivity index is 2.25. The molecule has 8 nitrogen and oxygen atoms in total. The predicted molar refractivity (Wildman–Crippen MR) is 106 cm³/mol. The van der Waals surface area contributed by atoms with Crippen molar-refractivity contribution in [2.24, 2.45) is 0 Å². The number of hydrogen-bond acceptors (Lipinski definition) is 7. The van der Waals surface area contributed by atoms with Gasteiger partial charge in [0.15, 0.2) is 29.1 Å². The van der Waals surface area contributed by atoms with Gasteiger partial charge in [0.25, 0.3) is 0 Å². The van der Waals surface area contributed by atoms with Gasteiger partial charge >= 0.3 is 5.97 Å². The molecule has 0 aromatic heterocycles. The molecule has 156 valence electrons. The minimum absolute atomic E-state index is 0.290. The van der Waals surface area contributed by atoms with Gasteiger partial charge in [-0.2, -0.15) is 0 Å². The average molecular weight is 404 g/mol. The van der Waals surface area contributed by atoms with Crippen molar-refractivity contribution in [2.45, 2.75) is 12.2 Å². The van der Waals surface area contributed by atoms with Crippen LogP contribution in [0.5, 0.6) is 23.0 Å². The van der Waals surface area contributed by atoms with Crippen molar-refractivity contribution in [2.75, 3.05) is 27.9 Å². The quantitative estimate of drug-likeness (QED) is 0.517. The molecular formula is C21H24O8. The standard InChI is InChI=1S/C21H24O8/c1-26-15-8-6-14(11-18(15)28-3)21(25)19(12-22)29-16-7-4-13(5-9-20(23)24)10-17(16)27-2/h4-11,19,21-22,25H,12H2,1-3H3,(H,23,24)/b9-5+. The SMILES string of the molecule is COc1ccc(C(O)C(CO)Oc2ccc(/C=C/C(=O)O)cc2OC)cc1OC. The Morgan fingerprint density at radius 2 is 1.59 bits per heavy atom. The maximum absolute atomic E-state index is 10.7. The topological polar surface area (TPSA) is 115 Å². The van der Waals surface area contributed by atoms with Gasteiger partial charge in [0.2, 0.25) is 0 Å². The van der Waals surface area contributed by atoms with E-state index in [-0.39, 0.29) is 0 Å². The smallest absolute Gasteiger partial charge is 0.328 e. The van der Waals surface area contributed by atoms with Crippen molar-refractivity contribution in [1.82, 2.24) is 0 Å². The molecule has 0 radical (unpaired) electrons. The first-order valence-corrected chi connectivity index (χ1v) is 8.70. The highest BCUT2D eigenvalue weighted by Crippen LogP contribution is 2.34. The van der Waals surface area contributed by atoms with Crippen LogP contribution in [0.25, 0.3) is 6.08 Å². The Morgan fingerprint density at radius 1 is 0.966 bits per heavy atom. The second-order valence-corrected chi connectivity index (χ2v) is 5.98. The summed E-state index contributed by atoms with van der Waals surface area (Å²) in [7, 11) is 4.43. The lowest BCUT2D eigenvalue weighted by molar-refractivity contribution is -0.131. The van der Waals surface area contributed by atoms with Gasteiger partial charge in [-0.3, -0.25) is 0 Å². The van der Waals surface area contributed by atoms with Gasteiger partial charge in [-0.25, -0.2) is 4.79 Å². The summed E-state index contributed by atoms with van der Waals surface area (Å²) in [4.78, 5) is 10.7. The number of aliphatic carboxylic acids is 1. The lowest BCUT2D eigenvalue weighted by Crippen LogP contribution is -2.29. The first kappa shape index (κ1) is 22.1. The molecule has 0 saturated heterocycles. The fourth-order valence-corrected chi connectivity index (χ4v) is 2.67. The van der Waals surface area contributed by atoms with Gasteiger partial charge in [-0.15, -0.1) is 0 Å². The Hall–Kier alpha value is -3.23. The molecule has 2 unspecified atom stereocenters. The Labute approximate surface area is 168 Å². The molecule has 0 heterocycles. The van der Waals surface area contributed by atoms with Crippen LogP contribution >= 0.6 is 0 Å². The number of hydrogen-bond donors (Lipinski definition) is 3. The van der Waals surface area contributed by atoms with E-state index in [4.69, 9.17) is 24.1 Å². The molecule has 0 aliphatic heterocycles. The van der Waals surface area contributed by atoms with Crippen LogP contribution < -0.4 is 18.9 Å². The van der Waals surface area contributed by atoms with E-state index in [0.29, 0.717) is 34.1 Å². The first-order chi connectivity index (χ1) is 13.9. The minimum Gasteiger partial charge on any atom is -0.493 e. The van der Waals surface area contributed by atoms with Crippen LogP contribution in [0.15, 0.2) is 42.5 Å². The zero-order chi connectivity index (χ0) is 21.4. The molecule has 0 spiro atoms. The summed E-state index contributed by atoms with van der Waals surface area (Å²) < 4.78 is 21.5. The Kier molecular flexibility index (Phi) is 7.88. The van der Waals surface area contributed by atoms with Crippen molar-refractivity contribution in [3.63, 3.8) is 0 Å². The van der Waals surface area contributed by atoms with Gasteiger partial charge in [-0.05, 0) is 41.5 Å².